The van der Waals surface area contributed by atoms with Gasteiger partial charge in [0.05, 0.1) is 19.1 Å². The molecule has 0 bridgehead atoms. The minimum Gasteiger partial charge on any atom is -0.379 e. The van der Waals surface area contributed by atoms with Crippen molar-refractivity contribution in [2.24, 2.45) is 5.92 Å². The van der Waals surface area contributed by atoms with Crippen molar-refractivity contribution >= 4 is 5.91 Å². The number of aromatic nitrogens is 2. The fourth-order valence-corrected chi connectivity index (χ4v) is 2.21. The number of carbonyl (C=O) groups is 1. The van der Waals surface area contributed by atoms with Crippen LogP contribution in [0.1, 0.15) is 19.2 Å². The minimum absolute atomic E-state index is 0.0673. The van der Waals surface area contributed by atoms with Gasteiger partial charge in [-0.1, -0.05) is 6.92 Å². The molecular formula is C13H22N4O2. The first-order valence-corrected chi connectivity index (χ1v) is 6.88. The van der Waals surface area contributed by atoms with Crippen LogP contribution in [0.3, 0.4) is 0 Å². The van der Waals surface area contributed by atoms with Gasteiger partial charge in [-0.3, -0.25) is 4.79 Å². The highest BCUT2D eigenvalue weighted by molar-refractivity contribution is 5.79. The van der Waals surface area contributed by atoms with E-state index >= 15 is 0 Å². The third-order valence-electron chi connectivity index (χ3n) is 3.29. The van der Waals surface area contributed by atoms with Gasteiger partial charge in [0.25, 0.3) is 0 Å². The topological polar surface area (TPSA) is 79.0 Å². The summed E-state index contributed by atoms with van der Waals surface area (Å²) in [6.07, 6.45) is 5.28. The molecule has 1 aromatic rings. The van der Waals surface area contributed by atoms with Gasteiger partial charge in [-0.25, -0.2) is 4.98 Å². The van der Waals surface area contributed by atoms with Gasteiger partial charge in [-0.15, -0.1) is 0 Å². The van der Waals surface area contributed by atoms with Gasteiger partial charge < -0.3 is 20.4 Å². The lowest BCUT2D eigenvalue weighted by Crippen LogP contribution is -2.44. The van der Waals surface area contributed by atoms with Gasteiger partial charge in [0.15, 0.2) is 0 Å². The summed E-state index contributed by atoms with van der Waals surface area (Å²) in [7, 11) is 0. The standard InChI is InChI=1S/C13H22N4O2/c1-2-4-14-11-9-19-8-10(11)13(18)17-5-3-12-15-6-7-16-12/h6-7,10-11,14H,2-5,8-9H2,1H3,(H,15,16)(H,17,18). The summed E-state index contributed by atoms with van der Waals surface area (Å²) < 4.78 is 5.40. The molecule has 106 valence electrons. The molecule has 0 aromatic carbocycles. The van der Waals surface area contributed by atoms with Crippen LogP contribution in [0.2, 0.25) is 0 Å². The number of H-pyrrole nitrogens is 1. The molecule has 0 aliphatic carbocycles. The Hall–Kier alpha value is -1.40. The molecule has 0 radical (unpaired) electrons. The van der Waals surface area contributed by atoms with Crippen molar-refractivity contribution in [1.82, 2.24) is 20.6 Å². The molecular weight excluding hydrogens is 244 g/mol. The lowest BCUT2D eigenvalue weighted by atomic mass is 10.0. The lowest BCUT2D eigenvalue weighted by Gasteiger charge is -2.18. The first kappa shape index (κ1) is 14.0. The number of rotatable bonds is 7. The number of nitrogens with one attached hydrogen (secondary N) is 3. The summed E-state index contributed by atoms with van der Waals surface area (Å²) in [5.74, 6) is 0.879. The van der Waals surface area contributed by atoms with E-state index in [1.165, 1.54) is 0 Å². The van der Waals surface area contributed by atoms with Gasteiger partial charge in [0, 0.05) is 31.4 Å². The van der Waals surface area contributed by atoms with E-state index in [2.05, 4.69) is 27.5 Å². The van der Waals surface area contributed by atoms with E-state index in [-0.39, 0.29) is 17.9 Å². The van der Waals surface area contributed by atoms with E-state index in [9.17, 15) is 4.79 Å². The van der Waals surface area contributed by atoms with Gasteiger partial charge in [0.1, 0.15) is 5.82 Å². The molecule has 1 aliphatic rings. The number of nitrogens with zero attached hydrogens (tertiary/aromatic N) is 1. The van der Waals surface area contributed by atoms with Crippen molar-refractivity contribution < 1.29 is 9.53 Å². The molecule has 3 N–H and O–H groups in total. The third-order valence-corrected chi connectivity index (χ3v) is 3.29. The van der Waals surface area contributed by atoms with Crippen LogP contribution >= 0.6 is 0 Å². The lowest BCUT2D eigenvalue weighted by molar-refractivity contribution is -0.125. The number of amides is 1. The average molecular weight is 266 g/mol. The van der Waals surface area contributed by atoms with Crippen LogP contribution < -0.4 is 10.6 Å². The van der Waals surface area contributed by atoms with Crippen molar-refractivity contribution in [3.05, 3.63) is 18.2 Å². The highest BCUT2D eigenvalue weighted by Gasteiger charge is 2.33. The van der Waals surface area contributed by atoms with E-state index < -0.39 is 0 Å². The number of imidazole rings is 1. The second kappa shape index (κ2) is 7.25. The van der Waals surface area contributed by atoms with Crippen LogP contribution in [-0.2, 0) is 16.0 Å². The second-order valence-electron chi connectivity index (χ2n) is 4.78. The first-order valence-electron chi connectivity index (χ1n) is 6.88. The van der Waals surface area contributed by atoms with E-state index in [1.54, 1.807) is 12.4 Å². The molecule has 2 rings (SSSR count). The van der Waals surface area contributed by atoms with E-state index in [0.717, 1.165) is 25.2 Å². The fourth-order valence-electron chi connectivity index (χ4n) is 2.21. The zero-order valence-electron chi connectivity index (χ0n) is 11.3. The van der Waals surface area contributed by atoms with Crippen molar-refractivity contribution in [2.45, 2.75) is 25.8 Å². The Bertz CT molecular complexity index is 380. The van der Waals surface area contributed by atoms with Crippen molar-refractivity contribution in [3.8, 4) is 0 Å². The molecule has 2 unspecified atom stereocenters. The maximum atomic E-state index is 12.1. The van der Waals surface area contributed by atoms with E-state index in [1.807, 2.05) is 0 Å². The summed E-state index contributed by atoms with van der Waals surface area (Å²) in [6, 6.07) is 0.142. The third kappa shape index (κ3) is 4.04. The molecule has 2 heterocycles. The number of hydrogen-bond acceptors (Lipinski definition) is 4. The number of aromatic amines is 1. The molecule has 0 spiro atoms. The Morgan fingerprint density at radius 1 is 1.53 bits per heavy atom. The molecule has 19 heavy (non-hydrogen) atoms. The second-order valence-corrected chi connectivity index (χ2v) is 4.78. The van der Waals surface area contributed by atoms with E-state index in [0.29, 0.717) is 19.8 Å². The number of hydrogen-bond donors (Lipinski definition) is 3. The molecule has 1 aliphatic heterocycles. The zero-order valence-corrected chi connectivity index (χ0v) is 11.3. The predicted molar refractivity (Wildman–Crippen MR) is 71.7 cm³/mol. The SMILES string of the molecule is CCCNC1COCC1C(=O)NCCc1ncc[nH]1. The quantitative estimate of drug-likeness (QED) is 0.653. The highest BCUT2D eigenvalue weighted by atomic mass is 16.5. The van der Waals surface area contributed by atoms with Gasteiger partial charge >= 0.3 is 0 Å². The Kier molecular flexibility index (Phi) is 5.35. The summed E-state index contributed by atoms with van der Waals surface area (Å²) in [5, 5.41) is 6.31. The van der Waals surface area contributed by atoms with Gasteiger partial charge in [-0.05, 0) is 13.0 Å². The molecule has 1 saturated heterocycles. The summed E-state index contributed by atoms with van der Waals surface area (Å²) >= 11 is 0. The highest BCUT2D eigenvalue weighted by Crippen LogP contribution is 2.13. The van der Waals surface area contributed by atoms with Crippen LogP contribution in [0.15, 0.2) is 12.4 Å². The fraction of sp³-hybridized carbons (Fsp3) is 0.692. The Morgan fingerprint density at radius 3 is 3.16 bits per heavy atom. The van der Waals surface area contributed by atoms with Gasteiger partial charge in [0.2, 0.25) is 5.91 Å². The maximum absolute atomic E-state index is 12.1. The smallest absolute Gasteiger partial charge is 0.227 e. The normalized spacial score (nSPS) is 22.6. The molecule has 1 fully saturated rings. The first-order chi connectivity index (χ1) is 9.31. The van der Waals surface area contributed by atoms with E-state index in [4.69, 9.17) is 4.74 Å². The maximum Gasteiger partial charge on any atom is 0.227 e. The van der Waals surface area contributed by atoms with Crippen LogP contribution in [0.5, 0.6) is 0 Å². The Balaban J connectivity index is 1.72. The number of ether oxygens (including phenoxy) is 1. The molecule has 1 amide bonds. The van der Waals surface area contributed by atoms with Crippen molar-refractivity contribution in [3.63, 3.8) is 0 Å². The molecule has 6 heteroatoms. The van der Waals surface area contributed by atoms with Crippen molar-refractivity contribution in [2.75, 3.05) is 26.3 Å². The van der Waals surface area contributed by atoms with Crippen LogP contribution in [0.4, 0.5) is 0 Å². The Labute approximate surface area is 113 Å². The summed E-state index contributed by atoms with van der Waals surface area (Å²) in [6.45, 7) is 4.76. The average Bonchev–Trinajstić information content (AvgIpc) is 3.07. The molecule has 0 saturated carbocycles. The number of carbonyl (C=O) groups excluding carboxylic acids is 1. The molecule has 2 atom stereocenters. The largest absolute Gasteiger partial charge is 0.379 e. The summed E-state index contributed by atoms with van der Waals surface area (Å²) in [5.41, 5.74) is 0. The van der Waals surface area contributed by atoms with Gasteiger partial charge in [-0.2, -0.15) is 0 Å². The monoisotopic (exact) mass is 266 g/mol. The molecule has 1 aromatic heterocycles. The van der Waals surface area contributed by atoms with Crippen LogP contribution in [-0.4, -0.2) is 48.2 Å². The zero-order chi connectivity index (χ0) is 13.5. The van der Waals surface area contributed by atoms with Crippen LogP contribution in [0.25, 0.3) is 0 Å². The molecule has 6 nitrogen and oxygen atoms in total. The predicted octanol–water partition coefficient (Wildman–Crippen LogP) is 0.0830. The Morgan fingerprint density at radius 2 is 2.42 bits per heavy atom. The van der Waals surface area contributed by atoms with Crippen molar-refractivity contribution in [1.29, 1.82) is 0 Å². The van der Waals surface area contributed by atoms with Crippen LogP contribution in [0, 0.1) is 5.92 Å². The summed E-state index contributed by atoms with van der Waals surface area (Å²) in [4.78, 5) is 19.2. The minimum atomic E-state index is -0.0804.